The van der Waals surface area contributed by atoms with Crippen LogP contribution in [0.1, 0.15) is 38.1 Å². The minimum absolute atomic E-state index is 0.0948. The first-order valence-electron chi connectivity index (χ1n) is 7.60. The number of hydrogen-bond acceptors (Lipinski definition) is 4. The van der Waals surface area contributed by atoms with E-state index in [0.29, 0.717) is 23.3 Å². The molecule has 2 unspecified atom stereocenters. The number of aromatic nitrogens is 2. The van der Waals surface area contributed by atoms with Crippen LogP contribution in [-0.2, 0) is 4.79 Å². The van der Waals surface area contributed by atoms with E-state index in [1.807, 2.05) is 12.1 Å². The number of alkyl halides is 1. The van der Waals surface area contributed by atoms with Gasteiger partial charge in [-0.25, -0.2) is 0 Å². The molecule has 0 bridgehead atoms. The standard InChI is InChI=1S/C16H17Cl2N3O2/c1-10(17)16(22)21-9-3-2-4-13(21)15-19-14(20-23-15)11-5-7-12(18)8-6-11/h5-8,10,13H,2-4,9H2,1H3. The first-order chi connectivity index (χ1) is 11.1. The topological polar surface area (TPSA) is 59.2 Å². The molecule has 3 rings (SSSR count). The highest BCUT2D eigenvalue weighted by Crippen LogP contribution is 2.32. The highest BCUT2D eigenvalue weighted by molar-refractivity contribution is 6.30. The highest BCUT2D eigenvalue weighted by atomic mass is 35.5. The molecular formula is C16H17Cl2N3O2. The van der Waals surface area contributed by atoms with Gasteiger partial charge in [-0.1, -0.05) is 16.8 Å². The Morgan fingerprint density at radius 2 is 2.09 bits per heavy atom. The van der Waals surface area contributed by atoms with Crippen molar-refractivity contribution in [3.8, 4) is 11.4 Å². The number of benzene rings is 1. The number of rotatable bonds is 3. The second-order valence-electron chi connectivity index (χ2n) is 5.62. The zero-order valence-corrected chi connectivity index (χ0v) is 14.2. The van der Waals surface area contributed by atoms with Crippen LogP contribution in [0.15, 0.2) is 28.8 Å². The molecule has 0 saturated carbocycles. The van der Waals surface area contributed by atoms with Gasteiger partial charge in [-0.15, -0.1) is 11.6 Å². The van der Waals surface area contributed by atoms with E-state index in [-0.39, 0.29) is 11.9 Å². The average molecular weight is 354 g/mol. The first-order valence-corrected chi connectivity index (χ1v) is 8.42. The molecule has 0 radical (unpaired) electrons. The second-order valence-corrected chi connectivity index (χ2v) is 6.71. The van der Waals surface area contributed by atoms with E-state index >= 15 is 0 Å². The van der Waals surface area contributed by atoms with Crippen LogP contribution in [0.4, 0.5) is 0 Å². The summed E-state index contributed by atoms with van der Waals surface area (Å²) in [6.07, 6.45) is 2.78. The molecule has 7 heteroatoms. The van der Waals surface area contributed by atoms with Crippen LogP contribution >= 0.6 is 23.2 Å². The number of halogens is 2. The van der Waals surface area contributed by atoms with Gasteiger partial charge in [-0.05, 0) is 50.5 Å². The Morgan fingerprint density at radius 1 is 1.35 bits per heavy atom. The van der Waals surface area contributed by atoms with Crippen molar-refractivity contribution in [2.75, 3.05) is 6.54 Å². The minimum Gasteiger partial charge on any atom is -0.337 e. The van der Waals surface area contributed by atoms with Gasteiger partial charge in [0.05, 0.1) is 0 Å². The van der Waals surface area contributed by atoms with Crippen molar-refractivity contribution in [3.05, 3.63) is 35.2 Å². The first kappa shape index (κ1) is 16.3. The van der Waals surface area contributed by atoms with E-state index in [2.05, 4.69) is 10.1 Å². The number of nitrogens with zero attached hydrogens (tertiary/aromatic N) is 3. The predicted molar refractivity (Wildman–Crippen MR) is 88.4 cm³/mol. The molecule has 1 fully saturated rings. The third kappa shape index (κ3) is 3.51. The number of carbonyl (C=O) groups is 1. The Morgan fingerprint density at radius 3 is 2.78 bits per heavy atom. The molecule has 2 atom stereocenters. The van der Waals surface area contributed by atoms with Gasteiger partial charge in [0, 0.05) is 17.1 Å². The van der Waals surface area contributed by atoms with Crippen molar-refractivity contribution in [1.82, 2.24) is 15.0 Å². The van der Waals surface area contributed by atoms with Gasteiger partial charge >= 0.3 is 0 Å². The van der Waals surface area contributed by atoms with E-state index in [1.54, 1.807) is 24.0 Å². The Labute approximate surface area is 144 Å². The summed E-state index contributed by atoms with van der Waals surface area (Å²) in [4.78, 5) is 18.5. The van der Waals surface area contributed by atoms with Crippen molar-refractivity contribution in [3.63, 3.8) is 0 Å². The van der Waals surface area contributed by atoms with Crippen molar-refractivity contribution in [2.24, 2.45) is 0 Å². The number of likely N-dealkylation sites (tertiary alicyclic amines) is 1. The molecule has 0 N–H and O–H groups in total. The zero-order valence-electron chi connectivity index (χ0n) is 12.7. The molecule has 1 aromatic heterocycles. The van der Waals surface area contributed by atoms with E-state index < -0.39 is 5.38 Å². The minimum atomic E-state index is -0.561. The Kier molecular flexibility index (Phi) is 4.87. The van der Waals surface area contributed by atoms with Crippen LogP contribution in [0.2, 0.25) is 5.02 Å². The lowest BCUT2D eigenvalue weighted by Gasteiger charge is -2.34. The molecule has 1 amide bonds. The molecule has 5 nitrogen and oxygen atoms in total. The summed E-state index contributed by atoms with van der Waals surface area (Å²) >= 11 is 11.8. The lowest BCUT2D eigenvalue weighted by Crippen LogP contribution is -2.41. The van der Waals surface area contributed by atoms with Crippen LogP contribution in [0.3, 0.4) is 0 Å². The van der Waals surface area contributed by atoms with Gasteiger partial charge in [-0.3, -0.25) is 4.79 Å². The normalized spacial score (nSPS) is 19.6. The van der Waals surface area contributed by atoms with Crippen molar-refractivity contribution in [1.29, 1.82) is 0 Å². The third-order valence-corrected chi connectivity index (χ3v) is 4.39. The van der Waals surface area contributed by atoms with Crippen LogP contribution in [0.25, 0.3) is 11.4 Å². The fraction of sp³-hybridized carbons (Fsp3) is 0.438. The molecule has 122 valence electrons. The predicted octanol–water partition coefficient (Wildman–Crippen LogP) is 4.07. The lowest BCUT2D eigenvalue weighted by atomic mass is 10.0. The molecule has 0 aliphatic carbocycles. The summed E-state index contributed by atoms with van der Waals surface area (Å²) in [7, 11) is 0. The molecule has 0 spiro atoms. The summed E-state index contributed by atoms with van der Waals surface area (Å²) in [5.74, 6) is 0.858. The monoisotopic (exact) mass is 353 g/mol. The zero-order chi connectivity index (χ0) is 16.4. The molecule has 1 aliphatic heterocycles. The number of amides is 1. The summed E-state index contributed by atoms with van der Waals surface area (Å²) in [6, 6.07) is 7.02. The van der Waals surface area contributed by atoms with Gasteiger partial charge in [0.15, 0.2) is 0 Å². The number of carbonyl (C=O) groups excluding carboxylic acids is 1. The number of piperidine rings is 1. The molecule has 1 aliphatic rings. The maximum atomic E-state index is 12.3. The van der Waals surface area contributed by atoms with E-state index in [4.69, 9.17) is 27.7 Å². The van der Waals surface area contributed by atoms with E-state index in [1.165, 1.54) is 0 Å². The Balaban J connectivity index is 1.85. The smallest absolute Gasteiger partial charge is 0.249 e. The van der Waals surface area contributed by atoms with Crippen molar-refractivity contribution >= 4 is 29.1 Å². The van der Waals surface area contributed by atoms with Gasteiger partial charge in [-0.2, -0.15) is 4.98 Å². The SMILES string of the molecule is CC(Cl)C(=O)N1CCCCC1c1nc(-c2ccc(Cl)cc2)no1. The van der Waals surface area contributed by atoms with Crippen LogP contribution in [-0.4, -0.2) is 32.9 Å². The van der Waals surface area contributed by atoms with Gasteiger partial charge in [0.2, 0.25) is 17.6 Å². The van der Waals surface area contributed by atoms with E-state index in [9.17, 15) is 4.79 Å². The molecule has 1 aromatic carbocycles. The maximum Gasteiger partial charge on any atom is 0.249 e. The van der Waals surface area contributed by atoms with Crippen LogP contribution in [0.5, 0.6) is 0 Å². The second kappa shape index (κ2) is 6.89. The number of hydrogen-bond donors (Lipinski definition) is 0. The molecule has 23 heavy (non-hydrogen) atoms. The highest BCUT2D eigenvalue weighted by Gasteiger charge is 2.33. The average Bonchev–Trinajstić information content (AvgIpc) is 3.04. The molecule has 2 heterocycles. The van der Waals surface area contributed by atoms with Gasteiger partial charge in [0.1, 0.15) is 11.4 Å². The summed E-state index contributed by atoms with van der Waals surface area (Å²) in [6.45, 7) is 2.35. The molecular weight excluding hydrogens is 337 g/mol. The lowest BCUT2D eigenvalue weighted by molar-refractivity contribution is -0.135. The Bertz CT molecular complexity index is 685. The largest absolute Gasteiger partial charge is 0.337 e. The fourth-order valence-electron chi connectivity index (χ4n) is 2.77. The molecule has 1 saturated heterocycles. The van der Waals surface area contributed by atoms with Crippen LogP contribution < -0.4 is 0 Å². The maximum absolute atomic E-state index is 12.3. The summed E-state index contributed by atoms with van der Waals surface area (Å²) < 4.78 is 5.42. The van der Waals surface area contributed by atoms with Crippen molar-refractivity contribution in [2.45, 2.75) is 37.6 Å². The van der Waals surface area contributed by atoms with Gasteiger partial charge in [0.25, 0.3) is 0 Å². The molecule has 2 aromatic rings. The summed E-state index contributed by atoms with van der Waals surface area (Å²) in [5, 5.41) is 4.12. The van der Waals surface area contributed by atoms with Crippen molar-refractivity contribution < 1.29 is 9.32 Å². The van der Waals surface area contributed by atoms with Crippen LogP contribution in [0, 0.1) is 0 Å². The fourth-order valence-corrected chi connectivity index (χ4v) is 3.02. The quantitative estimate of drug-likeness (QED) is 0.780. The van der Waals surface area contributed by atoms with Gasteiger partial charge < -0.3 is 9.42 Å². The Hall–Kier alpha value is -1.59. The summed E-state index contributed by atoms with van der Waals surface area (Å²) in [5.41, 5.74) is 0.823. The van der Waals surface area contributed by atoms with E-state index in [0.717, 1.165) is 24.8 Å². The third-order valence-electron chi connectivity index (χ3n) is 3.96.